The number of nitrogens with zero attached hydrogens (tertiary/aromatic N) is 1. The van der Waals surface area contributed by atoms with Gasteiger partial charge in [-0.2, -0.15) is 0 Å². The molecule has 0 saturated carbocycles. The van der Waals surface area contributed by atoms with Crippen molar-refractivity contribution < 1.29 is 23.9 Å². The van der Waals surface area contributed by atoms with E-state index in [1.165, 1.54) is 30.9 Å². The number of ketones is 1. The number of nitrogens with one attached hydrogen (secondary N) is 1. The predicted octanol–water partition coefficient (Wildman–Crippen LogP) is 1.50. The summed E-state index contributed by atoms with van der Waals surface area (Å²) in [7, 11) is 4.20. The maximum Gasteiger partial charge on any atom is 0.325 e. The van der Waals surface area contributed by atoms with Gasteiger partial charge in [-0.15, -0.1) is 0 Å². The lowest BCUT2D eigenvalue weighted by Crippen LogP contribution is -2.30. The van der Waals surface area contributed by atoms with Crippen molar-refractivity contribution in [2.24, 2.45) is 7.05 Å². The van der Waals surface area contributed by atoms with Crippen molar-refractivity contribution in [3.8, 4) is 5.75 Å². The highest BCUT2D eigenvalue weighted by Crippen LogP contribution is 2.17. The van der Waals surface area contributed by atoms with Crippen LogP contribution in [0.1, 0.15) is 32.0 Å². The molecule has 8 heteroatoms. The fraction of sp³-hybridized carbons (Fsp3) is 0.238. The molecular formula is C21H22N2O6. The smallest absolute Gasteiger partial charge is 0.325 e. The maximum absolute atomic E-state index is 12.6. The zero-order chi connectivity index (χ0) is 21.6. The van der Waals surface area contributed by atoms with Crippen LogP contribution in [0.25, 0.3) is 6.08 Å². The Balaban J connectivity index is 2.24. The van der Waals surface area contributed by atoms with Crippen molar-refractivity contribution >= 4 is 23.7 Å². The molecule has 0 aliphatic carbocycles. The Morgan fingerprint density at radius 2 is 1.90 bits per heavy atom. The number of carbonyl (C=O) groups excluding carboxylic acids is 3. The van der Waals surface area contributed by atoms with E-state index in [4.69, 9.17) is 4.74 Å². The summed E-state index contributed by atoms with van der Waals surface area (Å²) in [5.74, 6) is -1.32. The monoisotopic (exact) mass is 398 g/mol. The zero-order valence-electron chi connectivity index (χ0n) is 16.6. The van der Waals surface area contributed by atoms with E-state index in [-0.39, 0.29) is 17.9 Å². The number of aryl methyl sites for hydroxylation is 1. The molecule has 1 aromatic heterocycles. The van der Waals surface area contributed by atoms with Crippen LogP contribution in [0.2, 0.25) is 0 Å². The summed E-state index contributed by atoms with van der Waals surface area (Å²) in [6, 6.07) is 8.09. The van der Waals surface area contributed by atoms with Crippen molar-refractivity contribution in [3.05, 3.63) is 69.1 Å². The van der Waals surface area contributed by atoms with E-state index in [0.29, 0.717) is 16.8 Å². The SMILES string of the molecule is COC(=O)CNC(=O)c1cccc(/C=C/C(=O)c2c(OC)cc(C)n(C)c2=O)c1. The molecule has 0 unspecified atom stereocenters. The predicted molar refractivity (Wildman–Crippen MR) is 107 cm³/mol. The Morgan fingerprint density at radius 1 is 1.17 bits per heavy atom. The number of aromatic nitrogens is 1. The van der Waals surface area contributed by atoms with Crippen molar-refractivity contribution in [2.45, 2.75) is 6.92 Å². The molecule has 8 nitrogen and oxygen atoms in total. The minimum absolute atomic E-state index is 0.0659. The molecule has 152 valence electrons. The van der Waals surface area contributed by atoms with Gasteiger partial charge in [0.15, 0.2) is 5.78 Å². The third-order valence-electron chi connectivity index (χ3n) is 4.30. The minimum atomic E-state index is -0.561. The van der Waals surface area contributed by atoms with E-state index in [1.807, 2.05) is 0 Å². The summed E-state index contributed by atoms with van der Waals surface area (Å²) in [4.78, 5) is 48.3. The summed E-state index contributed by atoms with van der Waals surface area (Å²) in [5, 5.41) is 2.44. The van der Waals surface area contributed by atoms with Gasteiger partial charge in [-0.3, -0.25) is 19.2 Å². The normalized spacial score (nSPS) is 10.6. The first-order valence-electron chi connectivity index (χ1n) is 8.70. The summed E-state index contributed by atoms with van der Waals surface area (Å²) >= 11 is 0. The Morgan fingerprint density at radius 3 is 2.55 bits per heavy atom. The number of hydrogen-bond acceptors (Lipinski definition) is 6. The minimum Gasteiger partial charge on any atom is -0.496 e. The summed E-state index contributed by atoms with van der Waals surface area (Å²) in [5.41, 5.74) is 1.04. The van der Waals surface area contributed by atoms with Crippen LogP contribution in [-0.4, -0.2) is 43.0 Å². The second kappa shape index (κ2) is 9.50. The van der Waals surface area contributed by atoms with E-state index in [2.05, 4.69) is 10.1 Å². The molecule has 2 aromatic rings. The lowest BCUT2D eigenvalue weighted by Gasteiger charge is -2.10. The highest BCUT2D eigenvalue weighted by Gasteiger charge is 2.17. The van der Waals surface area contributed by atoms with Gasteiger partial charge in [0, 0.05) is 24.4 Å². The molecule has 0 saturated heterocycles. The van der Waals surface area contributed by atoms with Crippen LogP contribution in [0.3, 0.4) is 0 Å². The van der Waals surface area contributed by atoms with E-state index >= 15 is 0 Å². The number of rotatable bonds is 7. The van der Waals surface area contributed by atoms with E-state index in [1.54, 1.807) is 44.3 Å². The van der Waals surface area contributed by atoms with Crippen molar-refractivity contribution in [1.82, 2.24) is 9.88 Å². The van der Waals surface area contributed by atoms with Crippen LogP contribution in [0.5, 0.6) is 5.75 Å². The first-order chi connectivity index (χ1) is 13.8. The van der Waals surface area contributed by atoms with Crippen LogP contribution < -0.4 is 15.6 Å². The van der Waals surface area contributed by atoms with Gasteiger partial charge >= 0.3 is 5.97 Å². The molecule has 1 amide bonds. The quantitative estimate of drug-likeness (QED) is 0.431. The molecule has 0 aliphatic rings. The topological polar surface area (TPSA) is 104 Å². The van der Waals surface area contributed by atoms with Crippen molar-refractivity contribution in [3.63, 3.8) is 0 Å². The number of amides is 1. The van der Waals surface area contributed by atoms with Crippen LogP contribution in [0.15, 0.2) is 41.2 Å². The molecule has 2 rings (SSSR count). The van der Waals surface area contributed by atoms with Crippen LogP contribution in [0.4, 0.5) is 0 Å². The fourth-order valence-electron chi connectivity index (χ4n) is 2.55. The number of carbonyl (C=O) groups is 3. The molecule has 1 heterocycles. The first kappa shape index (κ1) is 21.6. The summed E-state index contributed by atoms with van der Waals surface area (Å²) in [6.45, 7) is 1.50. The number of esters is 1. The fourth-order valence-corrected chi connectivity index (χ4v) is 2.55. The largest absolute Gasteiger partial charge is 0.496 e. The van der Waals surface area contributed by atoms with Gasteiger partial charge in [0.25, 0.3) is 11.5 Å². The number of methoxy groups -OCH3 is 2. The number of allylic oxidation sites excluding steroid dienone is 1. The second-order valence-corrected chi connectivity index (χ2v) is 6.18. The Hall–Kier alpha value is -3.68. The van der Waals surface area contributed by atoms with E-state index < -0.39 is 23.2 Å². The standard InChI is InChI=1S/C21H22N2O6/c1-13-10-17(28-3)19(21(27)23(13)2)16(24)9-8-14-6-5-7-15(11-14)20(26)22-12-18(25)29-4/h5-11H,12H2,1-4H3,(H,22,26)/b9-8+. The third-order valence-corrected chi connectivity index (χ3v) is 4.30. The van der Waals surface area contributed by atoms with Crippen molar-refractivity contribution in [1.29, 1.82) is 0 Å². The van der Waals surface area contributed by atoms with Gasteiger partial charge < -0.3 is 19.4 Å². The van der Waals surface area contributed by atoms with Crippen LogP contribution >= 0.6 is 0 Å². The van der Waals surface area contributed by atoms with Gasteiger partial charge in [-0.25, -0.2) is 0 Å². The second-order valence-electron chi connectivity index (χ2n) is 6.18. The number of pyridine rings is 1. The van der Waals surface area contributed by atoms with Gasteiger partial charge in [0.05, 0.1) is 14.2 Å². The highest BCUT2D eigenvalue weighted by atomic mass is 16.5. The van der Waals surface area contributed by atoms with E-state index in [9.17, 15) is 19.2 Å². The van der Waals surface area contributed by atoms with Crippen LogP contribution in [0, 0.1) is 6.92 Å². The number of benzene rings is 1. The molecule has 0 bridgehead atoms. The average molecular weight is 398 g/mol. The molecule has 0 radical (unpaired) electrons. The molecular weight excluding hydrogens is 376 g/mol. The maximum atomic E-state index is 12.6. The molecule has 1 aromatic carbocycles. The molecule has 0 atom stereocenters. The van der Waals surface area contributed by atoms with Crippen molar-refractivity contribution in [2.75, 3.05) is 20.8 Å². The Labute approximate surface area is 167 Å². The zero-order valence-corrected chi connectivity index (χ0v) is 16.6. The van der Waals surface area contributed by atoms with Gasteiger partial charge in [0.2, 0.25) is 0 Å². The van der Waals surface area contributed by atoms with E-state index in [0.717, 1.165) is 0 Å². The van der Waals surface area contributed by atoms with Gasteiger partial charge in [0.1, 0.15) is 17.9 Å². The number of hydrogen-bond donors (Lipinski definition) is 1. The number of ether oxygens (including phenoxy) is 2. The third kappa shape index (κ3) is 5.19. The lowest BCUT2D eigenvalue weighted by molar-refractivity contribution is -0.139. The van der Waals surface area contributed by atoms with Gasteiger partial charge in [-0.1, -0.05) is 18.2 Å². The molecule has 1 N–H and O–H groups in total. The average Bonchev–Trinajstić information content (AvgIpc) is 2.73. The lowest BCUT2D eigenvalue weighted by atomic mass is 10.1. The summed E-state index contributed by atoms with van der Waals surface area (Å²) < 4.78 is 11.0. The highest BCUT2D eigenvalue weighted by molar-refractivity contribution is 6.08. The molecule has 0 aliphatic heterocycles. The Bertz CT molecular complexity index is 1040. The molecule has 29 heavy (non-hydrogen) atoms. The van der Waals surface area contributed by atoms with Crippen LogP contribution in [-0.2, 0) is 16.6 Å². The van der Waals surface area contributed by atoms with Gasteiger partial charge in [-0.05, 0) is 30.7 Å². The molecule has 0 fully saturated rings. The first-order valence-corrected chi connectivity index (χ1v) is 8.70. The summed E-state index contributed by atoms with van der Waals surface area (Å²) in [6.07, 6.45) is 2.75. The molecule has 0 spiro atoms. The Kier molecular flexibility index (Phi) is 7.08.